The first-order valence-electron chi connectivity index (χ1n) is 8.47. The van der Waals surface area contributed by atoms with Gasteiger partial charge in [-0.1, -0.05) is 30.3 Å². The van der Waals surface area contributed by atoms with Gasteiger partial charge >= 0.3 is 0 Å². The van der Waals surface area contributed by atoms with Gasteiger partial charge in [-0.25, -0.2) is 0 Å². The van der Waals surface area contributed by atoms with E-state index in [4.69, 9.17) is 4.99 Å². The van der Waals surface area contributed by atoms with Crippen molar-refractivity contribution < 1.29 is 0 Å². The molecule has 0 aromatic heterocycles. The van der Waals surface area contributed by atoms with Crippen molar-refractivity contribution in [3.8, 4) is 0 Å². The molecule has 1 aromatic carbocycles. The Labute approximate surface area is 127 Å². The van der Waals surface area contributed by atoms with Crippen LogP contribution in [0.3, 0.4) is 0 Å². The quantitative estimate of drug-likeness (QED) is 0.827. The topological polar surface area (TPSA) is 18.8 Å². The van der Waals surface area contributed by atoms with Crippen molar-refractivity contribution in [1.29, 1.82) is 0 Å². The van der Waals surface area contributed by atoms with E-state index in [9.17, 15) is 0 Å². The van der Waals surface area contributed by atoms with Crippen LogP contribution in [0.2, 0.25) is 0 Å². The van der Waals surface area contributed by atoms with Gasteiger partial charge in [-0.15, -0.1) is 0 Å². The molecule has 1 saturated carbocycles. The molecule has 0 N–H and O–H groups in total. The molecule has 0 bridgehead atoms. The largest absolute Gasteiger partial charge is 0.342 e. The Balaban J connectivity index is 1.23. The highest BCUT2D eigenvalue weighted by Gasteiger charge is 2.35. The van der Waals surface area contributed by atoms with Crippen LogP contribution in [-0.4, -0.2) is 48.5 Å². The van der Waals surface area contributed by atoms with Crippen LogP contribution in [0.15, 0.2) is 35.3 Å². The van der Waals surface area contributed by atoms with E-state index in [2.05, 4.69) is 40.1 Å². The Morgan fingerprint density at radius 1 is 1.05 bits per heavy atom. The van der Waals surface area contributed by atoms with Crippen LogP contribution < -0.4 is 0 Å². The van der Waals surface area contributed by atoms with E-state index in [-0.39, 0.29) is 0 Å². The zero-order valence-corrected chi connectivity index (χ0v) is 12.7. The van der Waals surface area contributed by atoms with Gasteiger partial charge in [0.1, 0.15) is 0 Å². The maximum Gasteiger partial charge on any atom is 0.196 e. The van der Waals surface area contributed by atoms with Gasteiger partial charge < -0.3 is 9.80 Å². The minimum Gasteiger partial charge on any atom is -0.342 e. The van der Waals surface area contributed by atoms with Crippen molar-refractivity contribution in [2.75, 3.05) is 32.7 Å². The molecule has 2 fully saturated rings. The first-order valence-corrected chi connectivity index (χ1v) is 8.47. The van der Waals surface area contributed by atoms with Crippen LogP contribution in [0, 0.1) is 11.8 Å². The second-order valence-electron chi connectivity index (χ2n) is 6.87. The molecule has 1 aliphatic carbocycles. The van der Waals surface area contributed by atoms with Gasteiger partial charge in [0.2, 0.25) is 0 Å². The smallest absolute Gasteiger partial charge is 0.196 e. The summed E-state index contributed by atoms with van der Waals surface area (Å²) in [4.78, 5) is 9.78. The summed E-state index contributed by atoms with van der Waals surface area (Å²) in [6.07, 6.45) is 5.40. The Morgan fingerprint density at radius 2 is 1.86 bits per heavy atom. The Morgan fingerprint density at radius 3 is 2.62 bits per heavy atom. The van der Waals surface area contributed by atoms with Crippen LogP contribution in [0.4, 0.5) is 0 Å². The van der Waals surface area contributed by atoms with Gasteiger partial charge in [-0.05, 0) is 43.1 Å². The molecule has 2 heterocycles. The summed E-state index contributed by atoms with van der Waals surface area (Å²) in [7, 11) is 0. The number of benzene rings is 1. The maximum absolute atomic E-state index is 4.74. The van der Waals surface area contributed by atoms with Gasteiger partial charge in [0.15, 0.2) is 5.96 Å². The van der Waals surface area contributed by atoms with Crippen molar-refractivity contribution in [3.05, 3.63) is 35.9 Å². The molecule has 3 nitrogen and oxygen atoms in total. The molecule has 1 saturated heterocycles. The lowest BCUT2D eigenvalue weighted by Gasteiger charge is -2.43. The third kappa shape index (κ3) is 3.07. The van der Waals surface area contributed by atoms with Crippen LogP contribution in [0.25, 0.3) is 0 Å². The van der Waals surface area contributed by atoms with E-state index in [1.54, 1.807) is 0 Å². The highest BCUT2D eigenvalue weighted by Crippen LogP contribution is 2.31. The lowest BCUT2D eigenvalue weighted by Crippen LogP contribution is -2.54. The maximum atomic E-state index is 4.74. The highest BCUT2D eigenvalue weighted by atomic mass is 15.4. The van der Waals surface area contributed by atoms with Crippen LogP contribution >= 0.6 is 0 Å². The van der Waals surface area contributed by atoms with Gasteiger partial charge in [0, 0.05) is 26.2 Å². The molecule has 3 aliphatic rings. The predicted molar refractivity (Wildman–Crippen MR) is 86.4 cm³/mol. The Kier molecular flexibility index (Phi) is 3.58. The number of guanidine groups is 1. The molecular formula is C18H25N3. The molecule has 0 unspecified atom stereocenters. The molecule has 21 heavy (non-hydrogen) atoms. The number of hydrogen-bond acceptors (Lipinski definition) is 3. The summed E-state index contributed by atoms with van der Waals surface area (Å²) in [6.45, 7) is 5.84. The van der Waals surface area contributed by atoms with Crippen molar-refractivity contribution in [3.63, 3.8) is 0 Å². The Bertz CT molecular complexity index is 500. The highest BCUT2D eigenvalue weighted by molar-refractivity contribution is 5.82. The summed E-state index contributed by atoms with van der Waals surface area (Å²) in [6, 6.07) is 10.9. The zero-order chi connectivity index (χ0) is 14.1. The van der Waals surface area contributed by atoms with Crippen LogP contribution in [-0.2, 0) is 6.42 Å². The van der Waals surface area contributed by atoms with E-state index in [1.165, 1.54) is 56.8 Å². The number of rotatable bonds is 5. The molecule has 112 valence electrons. The van der Waals surface area contributed by atoms with Gasteiger partial charge in [0.25, 0.3) is 0 Å². The van der Waals surface area contributed by atoms with Crippen LogP contribution in [0.1, 0.15) is 24.8 Å². The minimum atomic E-state index is 0.858. The number of aliphatic imine (C=N–C) groups is 1. The molecular weight excluding hydrogens is 258 g/mol. The monoisotopic (exact) mass is 283 g/mol. The first-order chi connectivity index (χ1) is 10.4. The second-order valence-corrected chi connectivity index (χ2v) is 6.87. The van der Waals surface area contributed by atoms with Crippen molar-refractivity contribution in [2.24, 2.45) is 16.8 Å². The summed E-state index contributed by atoms with van der Waals surface area (Å²) in [5.74, 6) is 3.12. The fraction of sp³-hybridized carbons (Fsp3) is 0.611. The molecule has 0 spiro atoms. The standard InChI is InChI=1S/C18H25N3/c1-2-4-15(5-3-1)6-9-17-13-21(14-17)18-19-10-11-20(18)12-16-7-8-16/h1-5,16-17H,6-14H2. The molecule has 3 heteroatoms. The fourth-order valence-corrected chi connectivity index (χ4v) is 3.49. The second kappa shape index (κ2) is 5.70. The van der Waals surface area contributed by atoms with Crippen molar-refractivity contribution >= 4 is 5.96 Å². The van der Waals surface area contributed by atoms with Crippen LogP contribution in [0.5, 0.6) is 0 Å². The van der Waals surface area contributed by atoms with E-state index >= 15 is 0 Å². The van der Waals surface area contributed by atoms with E-state index in [0.717, 1.165) is 24.9 Å². The molecule has 2 aliphatic heterocycles. The van der Waals surface area contributed by atoms with E-state index in [1.807, 2.05) is 0 Å². The lowest BCUT2D eigenvalue weighted by atomic mass is 9.93. The number of nitrogens with zero attached hydrogens (tertiary/aromatic N) is 3. The summed E-state index contributed by atoms with van der Waals surface area (Å²) in [5, 5.41) is 0. The average molecular weight is 283 g/mol. The van der Waals surface area contributed by atoms with Gasteiger partial charge in [-0.2, -0.15) is 0 Å². The summed E-state index contributed by atoms with van der Waals surface area (Å²) >= 11 is 0. The minimum absolute atomic E-state index is 0.858. The normalized spacial score (nSPS) is 22.4. The molecule has 0 atom stereocenters. The number of hydrogen-bond donors (Lipinski definition) is 0. The zero-order valence-electron chi connectivity index (χ0n) is 12.7. The third-order valence-corrected chi connectivity index (χ3v) is 5.01. The van der Waals surface area contributed by atoms with E-state index in [0.29, 0.717) is 0 Å². The van der Waals surface area contributed by atoms with Crippen molar-refractivity contribution in [2.45, 2.75) is 25.7 Å². The predicted octanol–water partition coefficient (Wildman–Crippen LogP) is 2.63. The lowest BCUT2D eigenvalue weighted by molar-refractivity contribution is 0.157. The number of likely N-dealkylation sites (tertiary alicyclic amines) is 1. The first kappa shape index (κ1) is 13.2. The summed E-state index contributed by atoms with van der Waals surface area (Å²) < 4.78 is 0. The van der Waals surface area contributed by atoms with Crippen molar-refractivity contribution in [1.82, 2.24) is 9.80 Å². The number of aryl methyl sites for hydroxylation is 1. The van der Waals surface area contributed by atoms with Gasteiger partial charge in [0.05, 0.1) is 6.54 Å². The molecule has 0 amide bonds. The molecule has 1 aromatic rings. The van der Waals surface area contributed by atoms with Gasteiger partial charge in [-0.3, -0.25) is 4.99 Å². The molecule has 4 rings (SSSR count). The average Bonchev–Trinajstić information content (AvgIpc) is 3.17. The third-order valence-electron chi connectivity index (χ3n) is 5.01. The van der Waals surface area contributed by atoms with E-state index < -0.39 is 0 Å². The summed E-state index contributed by atoms with van der Waals surface area (Å²) in [5.41, 5.74) is 1.48. The fourth-order valence-electron chi connectivity index (χ4n) is 3.49. The molecule has 0 radical (unpaired) electrons. The SMILES string of the molecule is c1ccc(CCC2CN(C3=NCCN3CC3CC3)C2)cc1. The Hall–Kier alpha value is -1.51.